The molecule has 0 spiro atoms. The molecule has 0 aliphatic carbocycles. The molecule has 152 valence electrons. The summed E-state index contributed by atoms with van der Waals surface area (Å²) in [7, 11) is -3.58. The highest BCUT2D eigenvalue weighted by Crippen LogP contribution is 2.27. The second-order valence-corrected chi connectivity index (χ2v) is 8.96. The molecule has 0 saturated carbocycles. The maximum absolute atomic E-state index is 13.3. The lowest BCUT2D eigenvalue weighted by Crippen LogP contribution is -2.49. The van der Waals surface area contributed by atoms with Crippen LogP contribution in [0.5, 0.6) is 0 Å². The predicted octanol–water partition coefficient (Wildman–Crippen LogP) is 2.33. The molecule has 3 heterocycles. The molecule has 1 saturated heterocycles. The van der Waals surface area contributed by atoms with Gasteiger partial charge < -0.3 is 4.90 Å². The minimum absolute atomic E-state index is 0.358. The molecule has 2 aromatic heterocycles. The number of piperazine rings is 1. The van der Waals surface area contributed by atoms with Crippen molar-refractivity contribution < 1.29 is 8.42 Å². The molecule has 0 unspecified atom stereocenters. The number of aromatic nitrogens is 4. The van der Waals surface area contributed by atoms with E-state index in [0.29, 0.717) is 36.9 Å². The van der Waals surface area contributed by atoms with E-state index < -0.39 is 10.0 Å². The summed E-state index contributed by atoms with van der Waals surface area (Å²) in [6.45, 7) is 1.90. The van der Waals surface area contributed by atoms with Crippen LogP contribution in [0.15, 0.2) is 78.2 Å². The van der Waals surface area contributed by atoms with E-state index in [2.05, 4.69) is 20.0 Å². The Kier molecular flexibility index (Phi) is 4.68. The molecule has 9 heteroatoms. The van der Waals surface area contributed by atoms with Crippen LogP contribution in [0.4, 0.5) is 5.82 Å². The maximum atomic E-state index is 13.3. The van der Waals surface area contributed by atoms with Crippen LogP contribution >= 0.6 is 0 Å². The predicted molar refractivity (Wildman–Crippen MR) is 114 cm³/mol. The van der Waals surface area contributed by atoms with E-state index in [4.69, 9.17) is 0 Å². The van der Waals surface area contributed by atoms with Crippen LogP contribution in [0.3, 0.4) is 0 Å². The molecule has 0 amide bonds. The van der Waals surface area contributed by atoms with Gasteiger partial charge in [-0.05, 0) is 17.5 Å². The summed E-state index contributed by atoms with van der Waals surface area (Å²) in [6.07, 6.45) is 5.02. The smallest absolute Gasteiger partial charge is 0.243 e. The van der Waals surface area contributed by atoms with E-state index in [1.54, 1.807) is 27.3 Å². The van der Waals surface area contributed by atoms with Crippen LogP contribution in [-0.2, 0) is 10.0 Å². The number of sulfonamides is 1. The average molecular weight is 420 g/mol. The Bertz CT molecular complexity index is 1280. The fraction of sp³-hybridized carbons (Fsp3) is 0.190. The highest BCUT2D eigenvalue weighted by Gasteiger charge is 2.30. The number of anilines is 1. The van der Waals surface area contributed by atoms with Gasteiger partial charge in [0.2, 0.25) is 10.0 Å². The van der Waals surface area contributed by atoms with Crippen LogP contribution in [0.25, 0.3) is 16.6 Å². The number of rotatable bonds is 4. The van der Waals surface area contributed by atoms with Gasteiger partial charge in [-0.1, -0.05) is 36.4 Å². The molecule has 4 aromatic rings. The van der Waals surface area contributed by atoms with E-state index in [0.717, 1.165) is 16.6 Å². The minimum atomic E-state index is -3.58. The van der Waals surface area contributed by atoms with E-state index in [1.807, 2.05) is 48.7 Å². The molecule has 2 aromatic carbocycles. The lowest BCUT2D eigenvalue weighted by molar-refractivity contribution is 0.384. The fourth-order valence-electron chi connectivity index (χ4n) is 3.76. The minimum Gasteiger partial charge on any atom is -0.354 e. The third-order valence-electron chi connectivity index (χ3n) is 5.31. The molecular formula is C21H20N6O2S. The van der Waals surface area contributed by atoms with Crippen molar-refractivity contribution >= 4 is 26.6 Å². The second kappa shape index (κ2) is 7.51. The van der Waals surface area contributed by atoms with Gasteiger partial charge in [-0.25, -0.2) is 23.1 Å². The largest absolute Gasteiger partial charge is 0.354 e. The van der Waals surface area contributed by atoms with Gasteiger partial charge >= 0.3 is 0 Å². The lowest BCUT2D eigenvalue weighted by atomic mass is 10.1. The van der Waals surface area contributed by atoms with Crippen LogP contribution in [0.1, 0.15) is 0 Å². The first-order valence-electron chi connectivity index (χ1n) is 9.68. The molecule has 0 radical (unpaired) electrons. The number of fused-ring (bicyclic) bond motifs is 1. The Morgan fingerprint density at radius 2 is 1.60 bits per heavy atom. The molecule has 8 nitrogen and oxygen atoms in total. The van der Waals surface area contributed by atoms with Crippen molar-refractivity contribution in [3.8, 4) is 5.82 Å². The Balaban J connectivity index is 1.36. The summed E-state index contributed by atoms with van der Waals surface area (Å²) in [5.74, 6) is 1.44. The summed E-state index contributed by atoms with van der Waals surface area (Å²) in [6, 6.07) is 16.7. The van der Waals surface area contributed by atoms with Crippen LogP contribution in [0.2, 0.25) is 0 Å². The van der Waals surface area contributed by atoms with Crippen LogP contribution in [0, 0.1) is 0 Å². The van der Waals surface area contributed by atoms with Gasteiger partial charge in [0.15, 0.2) is 5.82 Å². The molecular weight excluding hydrogens is 400 g/mol. The van der Waals surface area contributed by atoms with E-state index in [9.17, 15) is 8.42 Å². The van der Waals surface area contributed by atoms with E-state index in [-0.39, 0.29) is 0 Å². The monoisotopic (exact) mass is 420 g/mol. The third kappa shape index (κ3) is 3.31. The van der Waals surface area contributed by atoms with Crippen molar-refractivity contribution in [1.82, 2.24) is 24.1 Å². The molecule has 1 aliphatic rings. The van der Waals surface area contributed by atoms with Crippen molar-refractivity contribution in [2.75, 3.05) is 31.1 Å². The standard InChI is InChI=1S/C21H20N6O2S/c28-30(29,19-8-3-6-17-5-1-2-7-18(17)19)26-13-11-25(12-14-26)20-15-21(23-16-22-20)27-10-4-9-24-27/h1-10,15-16H,11-14H2. The highest BCUT2D eigenvalue weighted by molar-refractivity contribution is 7.89. The van der Waals surface area contributed by atoms with Gasteiger partial charge in [0.1, 0.15) is 12.1 Å². The zero-order chi connectivity index (χ0) is 20.6. The van der Waals surface area contributed by atoms with Crippen molar-refractivity contribution in [2.24, 2.45) is 0 Å². The molecule has 5 rings (SSSR count). The molecule has 0 N–H and O–H groups in total. The highest BCUT2D eigenvalue weighted by atomic mass is 32.2. The quantitative estimate of drug-likeness (QED) is 0.504. The molecule has 0 bridgehead atoms. The first kappa shape index (κ1) is 18.7. The van der Waals surface area contributed by atoms with Crippen LogP contribution < -0.4 is 4.90 Å². The van der Waals surface area contributed by atoms with Crippen LogP contribution in [-0.4, -0.2) is 58.7 Å². The van der Waals surface area contributed by atoms with Gasteiger partial charge in [0.25, 0.3) is 0 Å². The number of benzene rings is 2. The zero-order valence-corrected chi connectivity index (χ0v) is 17.0. The lowest BCUT2D eigenvalue weighted by Gasteiger charge is -2.34. The molecule has 1 aliphatic heterocycles. The zero-order valence-electron chi connectivity index (χ0n) is 16.2. The summed E-state index contributed by atoms with van der Waals surface area (Å²) in [5.41, 5.74) is 0. The summed E-state index contributed by atoms with van der Waals surface area (Å²) in [5, 5.41) is 5.87. The van der Waals surface area contributed by atoms with Gasteiger partial charge in [-0.3, -0.25) is 0 Å². The van der Waals surface area contributed by atoms with Gasteiger partial charge in [-0.2, -0.15) is 9.40 Å². The van der Waals surface area contributed by atoms with Gasteiger partial charge in [0.05, 0.1) is 4.90 Å². The van der Waals surface area contributed by atoms with E-state index >= 15 is 0 Å². The second-order valence-electron chi connectivity index (χ2n) is 7.05. The SMILES string of the molecule is O=S(=O)(c1cccc2ccccc12)N1CCN(c2cc(-n3cccn3)ncn2)CC1. The van der Waals surface area contributed by atoms with Crippen molar-refractivity contribution in [1.29, 1.82) is 0 Å². The first-order chi connectivity index (χ1) is 14.6. The molecule has 0 atom stereocenters. The van der Waals surface area contributed by atoms with Crippen molar-refractivity contribution in [3.05, 3.63) is 73.3 Å². The number of nitrogens with zero attached hydrogens (tertiary/aromatic N) is 6. The molecule has 1 fully saturated rings. The summed E-state index contributed by atoms with van der Waals surface area (Å²) >= 11 is 0. The summed E-state index contributed by atoms with van der Waals surface area (Å²) < 4.78 is 29.9. The third-order valence-corrected chi connectivity index (χ3v) is 7.26. The normalized spacial score (nSPS) is 15.5. The Hall–Kier alpha value is -3.30. The van der Waals surface area contributed by atoms with Gasteiger partial charge in [0, 0.05) is 50.0 Å². The Labute approximate surface area is 174 Å². The van der Waals surface area contributed by atoms with E-state index in [1.165, 1.54) is 6.33 Å². The Morgan fingerprint density at radius 3 is 2.40 bits per heavy atom. The topological polar surface area (TPSA) is 84.2 Å². The van der Waals surface area contributed by atoms with Crippen molar-refractivity contribution in [3.63, 3.8) is 0 Å². The Morgan fingerprint density at radius 1 is 0.833 bits per heavy atom. The summed E-state index contributed by atoms with van der Waals surface area (Å²) in [4.78, 5) is 11.1. The fourth-order valence-corrected chi connectivity index (χ4v) is 5.39. The first-order valence-corrected chi connectivity index (χ1v) is 11.1. The maximum Gasteiger partial charge on any atom is 0.243 e. The van der Waals surface area contributed by atoms with Gasteiger partial charge in [-0.15, -0.1) is 0 Å². The average Bonchev–Trinajstić information content (AvgIpc) is 3.34. The molecule has 30 heavy (non-hydrogen) atoms. The number of hydrogen-bond acceptors (Lipinski definition) is 6. The van der Waals surface area contributed by atoms with Crippen molar-refractivity contribution in [2.45, 2.75) is 4.90 Å². The number of hydrogen-bond donors (Lipinski definition) is 0.